The van der Waals surface area contributed by atoms with Crippen molar-refractivity contribution in [2.45, 2.75) is 13.8 Å². The van der Waals surface area contributed by atoms with E-state index in [1.165, 1.54) is 6.07 Å². The van der Waals surface area contributed by atoms with Gasteiger partial charge in [0.1, 0.15) is 5.15 Å². The lowest BCUT2D eigenvalue weighted by atomic mass is 10.1. The van der Waals surface area contributed by atoms with Crippen LogP contribution >= 0.6 is 11.6 Å². The second-order valence-corrected chi connectivity index (χ2v) is 5.12. The van der Waals surface area contributed by atoms with Crippen molar-refractivity contribution in [3.05, 3.63) is 56.9 Å². The van der Waals surface area contributed by atoms with Crippen molar-refractivity contribution in [2.75, 3.05) is 0 Å². The first-order chi connectivity index (χ1) is 9.97. The van der Waals surface area contributed by atoms with E-state index in [4.69, 9.17) is 11.6 Å². The Morgan fingerprint density at radius 3 is 2.71 bits per heavy atom. The van der Waals surface area contributed by atoms with Gasteiger partial charge in [-0.1, -0.05) is 23.7 Å². The summed E-state index contributed by atoms with van der Waals surface area (Å²) in [4.78, 5) is 15.1. The summed E-state index contributed by atoms with van der Waals surface area (Å²) < 4.78 is 1.63. The fourth-order valence-electron chi connectivity index (χ4n) is 2.25. The standard InChI is InChI=1S/C14H11ClN4O2/c1-8-3-4-10(7-11(8)19(20)21)14-9(2)18-13(16-14)6-5-12(15)17-18/h3-7H,1-2H3. The van der Waals surface area contributed by atoms with Crippen LogP contribution < -0.4 is 0 Å². The Balaban J connectivity index is 2.23. The van der Waals surface area contributed by atoms with Crippen LogP contribution in [0.2, 0.25) is 5.15 Å². The Bertz CT molecular complexity index is 873. The number of nitro benzene ring substituents is 1. The van der Waals surface area contributed by atoms with Crippen LogP contribution in [-0.4, -0.2) is 19.5 Å². The number of fused-ring (bicyclic) bond motifs is 1. The van der Waals surface area contributed by atoms with Gasteiger partial charge in [-0.15, -0.1) is 0 Å². The van der Waals surface area contributed by atoms with E-state index in [0.717, 1.165) is 5.69 Å². The van der Waals surface area contributed by atoms with E-state index in [9.17, 15) is 10.1 Å². The fourth-order valence-corrected chi connectivity index (χ4v) is 2.39. The van der Waals surface area contributed by atoms with Crippen molar-refractivity contribution < 1.29 is 4.92 Å². The van der Waals surface area contributed by atoms with Gasteiger partial charge in [-0.05, 0) is 26.0 Å². The molecule has 1 aromatic carbocycles. The molecule has 0 aliphatic carbocycles. The smallest absolute Gasteiger partial charge is 0.258 e. The molecule has 0 fully saturated rings. The number of aryl methyl sites for hydroxylation is 2. The molecule has 21 heavy (non-hydrogen) atoms. The van der Waals surface area contributed by atoms with Gasteiger partial charge in [0.15, 0.2) is 5.65 Å². The van der Waals surface area contributed by atoms with Gasteiger partial charge >= 0.3 is 0 Å². The van der Waals surface area contributed by atoms with Gasteiger partial charge in [0, 0.05) is 17.2 Å². The summed E-state index contributed by atoms with van der Waals surface area (Å²) in [5.41, 5.74) is 3.47. The average molecular weight is 303 g/mol. The minimum Gasteiger partial charge on any atom is -0.258 e. The maximum absolute atomic E-state index is 11.1. The predicted molar refractivity (Wildman–Crippen MR) is 79.6 cm³/mol. The maximum atomic E-state index is 11.1. The van der Waals surface area contributed by atoms with E-state index in [-0.39, 0.29) is 10.6 Å². The number of hydrogen-bond donors (Lipinski definition) is 0. The molecule has 3 aromatic rings. The maximum Gasteiger partial charge on any atom is 0.272 e. The number of benzene rings is 1. The molecule has 0 N–H and O–H groups in total. The summed E-state index contributed by atoms with van der Waals surface area (Å²) in [6.45, 7) is 3.56. The molecule has 0 saturated heterocycles. The van der Waals surface area contributed by atoms with Crippen LogP contribution in [0.1, 0.15) is 11.3 Å². The van der Waals surface area contributed by atoms with Gasteiger partial charge in [-0.25, -0.2) is 9.50 Å². The largest absolute Gasteiger partial charge is 0.272 e. The van der Waals surface area contributed by atoms with E-state index >= 15 is 0 Å². The zero-order valence-corrected chi connectivity index (χ0v) is 12.1. The molecule has 6 nitrogen and oxygen atoms in total. The van der Waals surface area contributed by atoms with E-state index in [1.54, 1.807) is 29.6 Å². The quantitative estimate of drug-likeness (QED) is 0.536. The van der Waals surface area contributed by atoms with E-state index in [0.29, 0.717) is 27.6 Å². The molecular weight excluding hydrogens is 292 g/mol. The van der Waals surface area contributed by atoms with Gasteiger partial charge in [0.05, 0.1) is 16.3 Å². The second-order valence-electron chi connectivity index (χ2n) is 4.73. The van der Waals surface area contributed by atoms with Crippen LogP contribution in [0.3, 0.4) is 0 Å². The second kappa shape index (κ2) is 4.82. The van der Waals surface area contributed by atoms with Crippen molar-refractivity contribution in [1.82, 2.24) is 14.6 Å². The fraction of sp³-hybridized carbons (Fsp3) is 0.143. The van der Waals surface area contributed by atoms with Crippen LogP contribution in [0.4, 0.5) is 5.69 Å². The van der Waals surface area contributed by atoms with Gasteiger partial charge in [-0.2, -0.15) is 5.10 Å². The van der Waals surface area contributed by atoms with Crippen LogP contribution in [0.25, 0.3) is 16.9 Å². The van der Waals surface area contributed by atoms with Gasteiger partial charge < -0.3 is 0 Å². The topological polar surface area (TPSA) is 73.3 Å². The number of hydrogen-bond acceptors (Lipinski definition) is 4. The molecule has 0 spiro atoms. The zero-order valence-electron chi connectivity index (χ0n) is 11.4. The Labute approximate surface area is 125 Å². The Hall–Kier alpha value is -2.47. The van der Waals surface area contributed by atoms with E-state index < -0.39 is 0 Å². The number of nitrogens with zero attached hydrogens (tertiary/aromatic N) is 4. The first-order valence-corrected chi connectivity index (χ1v) is 6.62. The summed E-state index contributed by atoms with van der Waals surface area (Å²) in [7, 11) is 0. The summed E-state index contributed by atoms with van der Waals surface area (Å²) in [5, 5.41) is 15.6. The molecule has 0 atom stereocenters. The highest BCUT2D eigenvalue weighted by molar-refractivity contribution is 6.29. The zero-order chi connectivity index (χ0) is 15.1. The number of imidazole rings is 1. The monoisotopic (exact) mass is 302 g/mol. The molecular formula is C14H11ClN4O2. The highest BCUT2D eigenvalue weighted by Gasteiger charge is 2.16. The minimum atomic E-state index is -0.390. The van der Waals surface area contributed by atoms with Crippen molar-refractivity contribution in [1.29, 1.82) is 0 Å². The predicted octanol–water partition coefficient (Wildman–Crippen LogP) is 3.57. The van der Waals surface area contributed by atoms with Crippen molar-refractivity contribution in [2.24, 2.45) is 0 Å². The Morgan fingerprint density at radius 2 is 2.00 bits per heavy atom. The third-order valence-electron chi connectivity index (χ3n) is 3.35. The molecule has 0 aliphatic rings. The SMILES string of the molecule is Cc1ccc(-c2nc3ccc(Cl)nn3c2C)cc1[N+](=O)[O-]. The normalized spacial score (nSPS) is 11.0. The number of aromatic nitrogens is 3. The highest BCUT2D eigenvalue weighted by atomic mass is 35.5. The summed E-state index contributed by atoms with van der Waals surface area (Å²) in [6, 6.07) is 8.49. The molecule has 3 rings (SSSR count). The molecule has 0 amide bonds. The Kier molecular flexibility index (Phi) is 3.10. The first-order valence-electron chi connectivity index (χ1n) is 6.24. The van der Waals surface area contributed by atoms with E-state index in [1.807, 2.05) is 13.0 Å². The average Bonchev–Trinajstić information content (AvgIpc) is 2.76. The van der Waals surface area contributed by atoms with Crippen LogP contribution in [0.15, 0.2) is 30.3 Å². The third-order valence-corrected chi connectivity index (χ3v) is 3.55. The third kappa shape index (κ3) is 2.23. The molecule has 0 radical (unpaired) electrons. The summed E-state index contributed by atoms with van der Waals surface area (Å²) in [5.74, 6) is 0. The van der Waals surface area contributed by atoms with Gasteiger partial charge in [0.2, 0.25) is 0 Å². The lowest BCUT2D eigenvalue weighted by Crippen LogP contribution is -1.94. The van der Waals surface area contributed by atoms with E-state index in [2.05, 4.69) is 10.1 Å². The number of nitro groups is 1. The highest BCUT2D eigenvalue weighted by Crippen LogP contribution is 2.28. The Morgan fingerprint density at radius 1 is 1.24 bits per heavy atom. The van der Waals surface area contributed by atoms with Crippen molar-refractivity contribution in [3.8, 4) is 11.3 Å². The van der Waals surface area contributed by atoms with Crippen molar-refractivity contribution in [3.63, 3.8) is 0 Å². The molecule has 7 heteroatoms. The lowest BCUT2D eigenvalue weighted by molar-refractivity contribution is -0.385. The summed E-state index contributed by atoms with van der Waals surface area (Å²) >= 11 is 5.88. The molecule has 2 aromatic heterocycles. The van der Waals surface area contributed by atoms with Gasteiger partial charge in [0.25, 0.3) is 5.69 Å². The molecule has 0 bridgehead atoms. The van der Waals surface area contributed by atoms with Crippen LogP contribution in [-0.2, 0) is 0 Å². The molecule has 0 saturated carbocycles. The molecule has 106 valence electrons. The first kappa shape index (κ1) is 13.5. The number of halogens is 1. The van der Waals surface area contributed by atoms with Gasteiger partial charge in [-0.3, -0.25) is 10.1 Å². The summed E-state index contributed by atoms with van der Waals surface area (Å²) in [6.07, 6.45) is 0. The molecule has 0 unspecified atom stereocenters. The van der Waals surface area contributed by atoms with Crippen LogP contribution in [0, 0.1) is 24.0 Å². The minimum absolute atomic E-state index is 0.0787. The molecule has 0 aliphatic heterocycles. The lowest BCUT2D eigenvalue weighted by Gasteiger charge is -2.02. The van der Waals surface area contributed by atoms with Crippen LogP contribution in [0.5, 0.6) is 0 Å². The number of rotatable bonds is 2. The molecule has 2 heterocycles. The van der Waals surface area contributed by atoms with Crippen molar-refractivity contribution >= 4 is 22.9 Å².